The molecule has 1 saturated heterocycles. The average Bonchev–Trinajstić information content (AvgIpc) is 3.82. The van der Waals surface area contributed by atoms with Gasteiger partial charge in [-0.25, -0.2) is 4.98 Å². The Morgan fingerprint density at radius 3 is 2.16 bits per heavy atom. The topological polar surface area (TPSA) is 320 Å². The monoisotopic (exact) mass is 719 g/mol. The number of unbranched alkanes of at least 4 members (excludes halogenated alkanes) is 1. The number of nitrogens with two attached hydrogens (primary N) is 4. The first kappa shape index (κ1) is 42.4. The second kappa shape index (κ2) is 22.1. The summed E-state index contributed by atoms with van der Waals surface area (Å²) in [4.78, 5) is 89.7. The standard InChI is InChI=1S/C32H57N13O6/c1-4-18(2)25(31(51)42-21(26(34)46)9-5-6-12-33)45-29(49)23(11-8-14-39-32(35)36)43-27(47)19(3)41-30(50)24(15-20-16-37-17-40-20)44-28(48)22-10-7-13-38-22/h16-19,21-25,38H,4-15,33H2,1-3H3,(H2,34,46)(H,37,40)(H,41,50)(H,42,51)(H,43,47)(H,44,48)(H,45,49)(H4,35,36,39)/t18-,19-,21-,22-,23-,24-,25-/m0/s1. The summed E-state index contributed by atoms with van der Waals surface area (Å²) < 4.78 is 0. The van der Waals surface area contributed by atoms with E-state index in [9.17, 15) is 28.8 Å². The van der Waals surface area contributed by atoms with E-state index in [2.05, 4.69) is 46.9 Å². The van der Waals surface area contributed by atoms with Crippen LogP contribution in [0.1, 0.15) is 77.8 Å². The number of aromatic amines is 1. The fourth-order valence-corrected chi connectivity index (χ4v) is 5.45. The summed E-state index contributed by atoms with van der Waals surface area (Å²) in [6, 6.07) is -5.76. The highest BCUT2D eigenvalue weighted by molar-refractivity contribution is 5.96. The van der Waals surface area contributed by atoms with E-state index in [0.717, 1.165) is 6.42 Å². The first-order valence-corrected chi connectivity index (χ1v) is 17.5. The normalized spacial score (nSPS) is 17.5. The summed E-state index contributed by atoms with van der Waals surface area (Å²) in [5.74, 6) is -4.11. The number of guanidine groups is 1. The van der Waals surface area contributed by atoms with Gasteiger partial charge in [-0.1, -0.05) is 20.3 Å². The van der Waals surface area contributed by atoms with E-state index in [1.54, 1.807) is 6.92 Å². The van der Waals surface area contributed by atoms with Crippen LogP contribution in [-0.2, 0) is 35.2 Å². The second-order valence-electron chi connectivity index (χ2n) is 12.9. The second-order valence-corrected chi connectivity index (χ2v) is 12.9. The van der Waals surface area contributed by atoms with Crippen LogP contribution in [0.5, 0.6) is 0 Å². The van der Waals surface area contributed by atoms with E-state index in [-0.39, 0.29) is 50.0 Å². The first-order valence-electron chi connectivity index (χ1n) is 17.5. The maximum Gasteiger partial charge on any atom is 0.243 e. The number of imidazole rings is 1. The Bertz CT molecular complexity index is 1310. The van der Waals surface area contributed by atoms with Gasteiger partial charge in [-0.3, -0.25) is 33.8 Å². The number of carbonyl (C=O) groups is 6. The molecule has 286 valence electrons. The first-order chi connectivity index (χ1) is 24.3. The highest BCUT2D eigenvalue weighted by Crippen LogP contribution is 2.12. The van der Waals surface area contributed by atoms with Crippen molar-refractivity contribution in [1.29, 1.82) is 0 Å². The van der Waals surface area contributed by atoms with Crippen molar-refractivity contribution >= 4 is 41.4 Å². The van der Waals surface area contributed by atoms with Gasteiger partial charge in [-0.05, 0) is 70.9 Å². The Morgan fingerprint density at radius 2 is 1.57 bits per heavy atom. The molecule has 1 aromatic heterocycles. The van der Waals surface area contributed by atoms with Crippen molar-refractivity contribution < 1.29 is 28.8 Å². The maximum absolute atomic E-state index is 13.7. The third-order valence-corrected chi connectivity index (χ3v) is 8.72. The van der Waals surface area contributed by atoms with Crippen LogP contribution in [0.2, 0.25) is 0 Å². The average molecular weight is 720 g/mol. The van der Waals surface area contributed by atoms with Gasteiger partial charge in [0.2, 0.25) is 35.4 Å². The lowest BCUT2D eigenvalue weighted by Gasteiger charge is -2.28. The lowest BCUT2D eigenvalue weighted by atomic mass is 9.96. The SMILES string of the molecule is CC[C@H](C)[C@H](NC(=O)[C@H](CCCN=C(N)N)NC(=O)[C@H](C)NC(=O)[C@H](Cc1cnc[nH]1)NC(=O)[C@@H]1CCCN1)C(=O)N[C@@H](CCCCN)C(N)=O. The van der Waals surface area contributed by atoms with Crippen molar-refractivity contribution in [2.45, 2.75) is 115 Å². The molecule has 0 spiro atoms. The van der Waals surface area contributed by atoms with E-state index in [1.807, 2.05) is 6.92 Å². The largest absolute Gasteiger partial charge is 0.370 e. The molecule has 0 radical (unpaired) electrons. The summed E-state index contributed by atoms with van der Waals surface area (Å²) in [6.45, 7) is 6.33. The number of rotatable bonds is 23. The zero-order valence-corrected chi connectivity index (χ0v) is 29.8. The molecule has 7 atom stereocenters. The molecule has 0 saturated carbocycles. The van der Waals surface area contributed by atoms with Gasteiger partial charge in [-0.15, -0.1) is 0 Å². The number of primary amides is 1. The Morgan fingerprint density at radius 1 is 0.882 bits per heavy atom. The third-order valence-electron chi connectivity index (χ3n) is 8.72. The molecular formula is C32H57N13O6. The minimum absolute atomic E-state index is 0.0831. The fourth-order valence-electron chi connectivity index (χ4n) is 5.45. The molecule has 0 bridgehead atoms. The number of aliphatic imine (C=N–C) groups is 1. The molecule has 1 aromatic rings. The molecule has 19 heteroatoms. The number of amides is 6. The molecule has 51 heavy (non-hydrogen) atoms. The van der Waals surface area contributed by atoms with Gasteiger partial charge >= 0.3 is 0 Å². The summed E-state index contributed by atoms with van der Waals surface area (Å²) in [5.41, 5.74) is 22.6. The van der Waals surface area contributed by atoms with Crippen LogP contribution in [0.15, 0.2) is 17.5 Å². The lowest BCUT2D eigenvalue weighted by Crippen LogP contribution is -2.60. The highest BCUT2D eigenvalue weighted by atomic mass is 16.2. The number of H-pyrrole nitrogens is 1. The Labute approximate surface area is 298 Å². The summed E-state index contributed by atoms with van der Waals surface area (Å²) >= 11 is 0. The molecule has 1 fully saturated rings. The van der Waals surface area contributed by atoms with E-state index in [1.165, 1.54) is 19.4 Å². The van der Waals surface area contributed by atoms with Gasteiger partial charge in [0.05, 0.1) is 12.4 Å². The van der Waals surface area contributed by atoms with Crippen molar-refractivity contribution in [3.63, 3.8) is 0 Å². The molecule has 2 heterocycles. The van der Waals surface area contributed by atoms with Crippen molar-refractivity contribution in [2.24, 2.45) is 33.8 Å². The van der Waals surface area contributed by atoms with Crippen LogP contribution in [0.4, 0.5) is 0 Å². The Balaban J connectivity index is 2.19. The maximum atomic E-state index is 13.7. The molecular weight excluding hydrogens is 662 g/mol. The van der Waals surface area contributed by atoms with Crippen molar-refractivity contribution in [3.05, 3.63) is 18.2 Å². The highest BCUT2D eigenvalue weighted by Gasteiger charge is 2.33. The van der Waals surface area contributed by atoms with Crippen molar-refractivity contribution in [3.8, 4) is 0 Å². The van der Waals surface area contributed by atoms with Crippen LogP contribution in [0.3, 0.4) is 0 Å². The fraction of sp³-hybridized carbons (Fsp3) is 0.688. The quantitative estimate of drug-likeness (QED) is 0.0305. The third kappa shape index (κ3) is 14.9. The van der Waals surface area contributed by atoms with Gasteiger partial charge in [0.15, 0.2) is 5.96 Å². The van der Waals surface area contributed by atoms with Crippen LogP contribution < -0.4 is 54.8 Å². The molecule has 2 rings (SSSR count). The molecule has 0 aliphatic carbocycles. The van der Waals surface area contributed by atoms with E-state index in [0.29, 0.717) is 44.5 Å². The van der Waals surface area contributed by atoms with Crippen LogP contribution >= 0.6 is 0 Å². The summed E-state index contributed by atoms with van der Waals surface area (Å²) in [6.07, 6.45) is 6.92. The number of nitrogens with zero attached hydrogens (tertiary/aromatic N) is 2. The van der Waals surface area contributed by atoms with Crippen LogP contribution in [-0.4, -0.2) is 107 Å². The number of nitrogens with one attached hydrogen (secondary N) is 7. The predicted octanol–water partition coefficient (Wildman–Crippen LogP) is -3.14. The molecule has 19 nitrogen and oxygen atoms in total. The molecule has 0 aromatic carbocycles. The number of hydrogen-bond donors (Lipinski definition) is 11. The number of hydrogen-bond acceptors (Lipinski definition) is 10. The van der Waals surface area contributed by atoms with Gasteiger partial charge in [0.1, 0.15) is 30.2 Å². The zero-order chi connectivity index (χ0) is 37.9. The Kier molecular flexibility index (Phi) is 18.4. The smallest absolute Gasteiger partial charge is 0.243 e. The molecule has 0 unspecified atom stereocenters. The zero-order valence-electron chi connectivity index (χ0n) is 29.8. The molecule has 1 aliphatic heterocycles. The molecule has 15 N–H and O–H groups in total. The lowest BCUT2D eigenvalue weighted by molar-refractivity contribution is -0.135. The summed E-state index contributed by atoms with van der Waals surface area (Å²) in [7, 11) is 0. The molecule has 1 aliphatic rings. The van der Waals surface area contributed by atoms with E-state index >= 15 is 0 Å². The van der Waals surface area contributed by atoms with Gasteiger partial charge in [0.25, 0.3) is 0 Å². The van der Waals surface area contributed by atoms with Gasteiger partial charge in [0, 0.05) is 24.9 Å². The van der Waals surface area contributed by atoms with Gasteiger partial charge < -0.3 is 59.8 Å². The minimum atomic E-state index is -1.16. The number of aromatic nitrogens is 2. The number of carbonyl (C=O) groups excluding carboxylic acids is 6. The van der Waals surface area contributed by atoms with Crippen LogP contribution in [0.25, 0.3) is 0 Å². The van der Waals surface area contributed by atoms with Crippen LogP contribution in [0, 0.1) is 5.92 Å². The minimum Gasteiger partial charge on any atom is -0.370 e. The van der Waals surface area contributed by atoms with Crippen molar-refractivity contribution in [1.82, 2.24) is 41.9 Å². The van der Waals surface area contributed by atoms with E-state index in [4.69, 9.17) is 22.9 Å². The van der Waals surface area contributed by atoms with E-state index < -0.39 is 65.8 Å². The molecule has 6 amide bonds. The predicted molar refractivity (Wildman–Crippen MR) is 190 cm³/mol. The Hall–Kier alpha value is -4.78. The van der Waals surface area contributed by atoms with Gasteiger partial charge in [-0.2, -0.15) is 0 Å². The van der Waals surface area contributed by atoms with Crippen molar-refractivity contribution in [2.75, 3.05) is 19.6 Å². The summed E-state index contributed by atoms with van der Waals surface area (Å²) in [5, 5.41) is 16.5.